The third kappa shape index (κ3) is 49.5. The van der Waals surface area contributed by atoms with E-state index >= 15 is 0 Å². The summed E-state index contributed by atoms with van der Waals surface area (Å²) in [6, 6.07) is -0.724. The Bertz CT molecular complexity index is 1290. The van der Waals surface area contributed by atoms with E-state index in [1.165, 1.54) is 135 Å². The molecular formula is C62H109NO5. The minimum Gasteiger partial charge on any atom is -0.462 e. The highest BCUT2D eigenvalue weighted by molar-refractivity contribution is 5.77. The van der Waals surface area contributed by atoms with Crippen molar-refractivity contribution in [2.75, 3.05) is 6.61 Å². The van der Waals surface area contributed by atoms with Crippen molar-refractivity contribution < 1.29 is 24.5 Å². The van der Waals surface area contributed by atoms with Gasteiger partial charge in [-0.25, -0.2) is 0 Å². The zero-order chi connectivity index (χ0) is 49.5. The Morgan fingerprint density at radius 2 is 0.779 bits per heavy atom. The highest BCUT2D eigenvalue weighted by Crippen LogP contribution is 2.18. The smallest absolute Gasteiger partial charge is 0.306 e. The van der Waals surface area contributed by atoms with Crippen LogP contribution >= 0.6 is 0 Å². The van der Waals surface area contributed by atoms with E-state index in [1.54, 1.807) is 0 Å². The van der Waals surface area contributed by atoms with E-state index in [0.29, 0.717) is 19.3 Å². The molecule has 0 saturated carbocycles. The first-order chi connectivity index (χ1) is 33.5. The standard InChI is InChI=1S/C62H109NO5/c1-4-7-10-13-16-19-22-25-28-30-31-34-37-40-43-46-49-52-55-62(67)68-58(53-50-47-44-41-38-35-33-29-26-23-20-17-14-11-8-5-2)56-61(66)63-59(57-64)60(65)54-51-48-45-42-39-36-32-27-24-21-18-15-12-9-6-3/h11,14,17,20,23,26,28-31,33-35,38,58-60,64-65H,4-10,12-13,15-16,18-19,21-22,24-25,27,32,36-37,39-57H2,1-3H3,(H,63,66)/b14-11+,20-17+,26-23+,30-28+,33-29+,34-31+,38-35+. The quantitative estimate of drug-likeness (QED) is 0.0321. The van der Waals surface area contributed by atoms with Gasteiger partial charge < -0.3 is 20.3 Å². The van der Waals surface area contributed by atoms with Gasteiger partial charge in [-0.2, -0.15) is 0 Å². The monoisotopic (exact) mass is 948 g/mol. The highest BCUT2D eigenvalue weighted by atomic mass is 16.5. The minimum atomic E-state index is -0.808. The second-order valence-corrected chi connectivity index (χ2v) is 19.5. The van der Waals surface area contributed by atoms with Crippen LogP contribution in [0.15, 0.2) is 85.1 Å². The van der Waals surface area contributed by atoms with Crippen LogP contribution < -0.4 is 5.32 Å². The third-order valence-electron chi connectivity index (χ3n) is 12.8. The molecule has 0 bridgehead atoms. The lowest BCUT2D eigenvalue weighted by Gasteiger charge is -2.24. The van der Waals surface area contributed by atoms with Gasteiger partial charge in [0.2, 0.25) is 5.91 Å². The van der Waals surface area contributed by atoms with Crippen LogP contribution in [0.1, 0.15) is 271 Å². The largest absolute Gasteiger partial charge is 0.462 e. The fraction of sp³-hybridized carbons (Fsp3) is 0.742. The molecule has 3 atom stereocenters. The maximum Gasteiger partial charge on any atom is 0.306 e. The highest BCUT2D eigenvalue weighted by Gasteiger charge is 2.24. The summed E-state index contributed by atoms with van der Waals surface area (Å²) in [5.74, 6) is -0.532. The molecule has 0 aliphatic rings. The first-order valence-electron chi connectivity index (χ1n) is 28.9. The molecule has 0 spiro atoms. The summed E-state index contributed by atoms with van der Waals surface area (Å²) in [5.41, 5.74) is 0. The number of unbranched alkanes of at least 4 members (excludes halogenated alkanes) is 30. The lowest BCUT2D eigenvalue weighted by atomic mass is 10.0. The fourth-order valence-electron chi connectivity index (χ4n) is 8.45. The Hall–Kier alpha value is -2.96. The average molecular weight is 949 g/mol. The minimum absolute atomic E-state index is 0.0399. The molecule has 0 saturated heterocycles. The molecule has 0 aromatic heterocycles. The van der Waals surface area contributed by atoms with Crippen LogP contribution in [-0.2, 0) is 14.3 Å². The van der Waals surface area contributed by atoms with Crippen LogP contribution in [0.2, 0.25) is 0 Å². The van der Waals surface area contributed by atoms with Crippen LogP contribution in [0.4, 0.5) is 0 Å². The number of nitrogens with one attached hydrogen (secondary N) is 1. The van der Waals surface area contributed by atoms with Crippen molar-refractivity contribution in [1.29, 1.82) is 0 Å². The summed E-state index contributed by atoms with van der Waals surface area (Å²) in [7, 11) is 0. The van der Waals surface area contributed by atoms with Gasteiger partial charge in [0.1, 0.15) is 6.10 Å². The van der Waals surface area contributed by atoms with Gasteiger partial charge in [0.05, 0.1) is 25.2 Å². The topological polar surface area (TPSA) is 95.9 Å². The van der Waals surface area contributed by atoms with Gasteiger partial charge in [0, 0.05) is 6.42 Å². The number of hydrogen-bond acceptors (Lipinski definition) is 5. The average Bonchev–Trinajstić information content (AvgIpc) is 3.33. The summed E-state index contributed by atoms with van der Waals surface area (Å²) in [6.45, 7) is 6.39. The van der Waals surface area contributed by atoms with Gasteiger partial charge in [-0.1, -0.05) is 273 Å². The van der Waals surface area contributed by atoms with Crippen molar-refractivity contribution in [2.24, 2.45) is 0 Å². The van der Waals surface area contributed by atoms with Gasteiger partial charge in [0.25, 0.3) is 0 Å². The van der Waals surface area contributed by atoms with Crippen molar-refractivity contribution in [2.45, 2.75) is 289 Å². The number of carbonyl (C=O) groups excluding carboxylic acids is 2. The van der Waals surface area contributed by atoms with E-state index in [2.05, 4.69) is 74.7 Å². The molecule has 0 heterocycles. The summed E-state index contributed by atoms with van der Waals surface area (Å²) in [4.78, 5) is 26.3. The summed E-state index contributed by atoms with van der Waals surface area (Å²) in [5, 5.41) is 23.9. The van der Waals surface area contributed by atoms with E-state index in [1.807, 2.05) is 36.5 Å². The predicted octanol–water partition coefficient (Wildman–Crippen LogP) is 17.9. The molecule has 0 aromatic rings. The van der Waals surface area contributed by atoms with Crippen molar-refractivity contribution in [1.82, 2.24) is 5.32 Å². The second-order valence-electron chi connectivity index (χ2n) is 19.5. The second kappa shape index (κ2) is 55.0. The number of amides is 1. The van der Waals surface area contributed by atoms with Crippen molar-refractivity contribution in [3.63, 3.8) is 0 Å². The zero-order valence-electron chi connectivity index (χ0n) is 44.7. The van der Waals surface area contributed by atoms with Crippen molar-refractivity contribution in [3.05, 3.63) is 85.1 Å². The number of rotatable bonds is 51. The molecule has 68 heavy (non-hydrogen) atoms. The van der Waals surface area contributed by atoms with E-state index in [9.17, 15) is 19.8 Å². The van der Waals surface area contributed by atoms with Crippen molar-refractivity contribution in [3.8, 4) is 0 Å². The molecule has 6 heteroatoms. The Morgan fingerprint density at radius 1 is 0.426 bits per heavy atom. The molecule has 0 aliphatic heterocycles. The number of aliphatic hydroxyl groups is 2. The first kappa shape index (κ1) is 65.0. The Labute approximate surface area is 421 Å². The molecule has 3 N–H and O–H groups in total. The SMILES string of the molecule is CCC/C=C/C=C/C=C/C=C/C=C/CCCCCC(CC(=O)NC(CO)C(O)CCCCCCCCCCCCCCCCC)OC(=O)CCCCCCC/C=C/C=C/CCCCCCCCC. The normalized spacial score (nSPS) is 13.8. The zero-order valence-corrected chi connectivity index (χ0v) is 44.7. The summed E-state index contributed by atoms with van der Waals surface area (Å²) < 4.78 is 5.94. The summed E-state index contributed by atoms with van der Waals surface area (Å²) >= 11 is 0. The first-order valence-corrected chi connectivity index (χ1v) is 28.9. The number of esters is 1. The number of ether oxygens (including phenoxy) is 1. The van der Waals surface area contributed by atoms with Crippen molar-refractivity contribution >= 4 is 11.9 Å². The van der Waals surface area contributed by atoms with Gasteiger partial charge in [-0.3, -0.25) is 9.59 Å². The molecule has 0 radical (unpaired) electrons. The lowest BCUT2D eigenvalue weighted by Crippen LogP contribution is -2.46. The molecule has 0 aliphatic carbocycles. The van der Waals surface area contributed by atoms with E-state index in [0.717, 1.165) is 89.9 Å². The van der Waals surface area contributed by atoms with Crippen LogP contribution in [0, 0.1) is 0 Å². The molecule has 0 aromatic carbocycles. The number of aliphatic hydroxyl groups excluding tert-OH is 2. The molecule has 392 valence electrons. The third-order valence-corrected chi connectivity index (χ3v) is 12.8. The van der Waals surface area contributed by atoms with Gasteiger partial charge in [-0.05, 0) is 70.6 Å². The molecule has 6 nitrogen and oxygen atoms in total. The maximum absolute atomic E-state index is 13.3. The van der Waals surface area contributed by atoms with Gasteiger partial charge >= 0.3 is 5.97 Å². The molecular weight excluding hydrogens is 839 g/mol. The maximum atomic E-state index is 13.3. The van der Waals surface area contributed by atoms with E-state index < -0.39 is 18.2 Å². The Morgan fingerprint density at radius 3 is 1.22 bits per heavy atom. The number of hydrogen-bond donors (Lipinski definition) is 3. The van der Waals surface area contributed by atoms with Crippen LogP contribution in [0.25, 0.3) is 0 Å². The molecule has 1 amide bonds. The molecule has 0 rings (SSSR count). The van der Waals surface area contributed by atoms with Gasteiger partial charge in [-0.15, -0.1) is 0 Å². The van der Waals surface area contributed by atoms with E-state index in [-0.39, 0.29) is 24.9 Å². The van der Waals surface area contributed by atoms with Gasteiger partial charge in [0.15, 0.2) is 0 Å². The number of carbonyl (C=O) groups is 2. The number of allylic oxidation sites excluding steroid dienone is 14. The Kier molecular flexibility index (Phi) is 52.6. The van der Waals surface area contributed by atoms with Crippen LogP contribution in [0.5, 0.6) is 0 Å². The Balaban J connectivity index is 4.68. The fourth-order valence-corrected chi connectivity index (χ4v) is 8.45. The predicted molar refractivity (Wildman–Crippen MR) is 296 cm³/mol. The van der Waals surface area contributed by atoms with Crippen LogP contribution in [0.3, 0.4) is 0 Å². The van der Waals surface area contributed by atoms with E-state index in [4.69, 9.17) is 4.74 Å². The molecule has 0 fully saturated rings. The molecule has 3 unspecified atom stereocenters. The lowest BCUT2D eigenvalue weighted by molar-refractivity contribution is -0.151. The van der Waals surface area contributed by atoms with Crippen LogP contribution in [-0.4, -0.2) is 46.9 Å². The summed E-state index contributed by atoms with van der Waals surface area (Å²) in [6.07, 6.45) is 72.1.